The van der Waals surface area contributed by atoms with E-state index in [4.69, 9.17) is 4.74 Å². The second-order valence-electron chi connectivity index (χ2n) is 3.72. The van der Waals surface area contributed by atoms with E-state index < -0.39 is 0 Å². The van der Waals surface area contributed by atoms with Crippen LogP contribution in [0.5, 0.6) is 0 Å². The Morgan fingerprint density at radius 1 is 1.43 bits per heavy atom. The molecule has 2 N–H and O–H groups in total. The van der Waals surface area contributed by atoms with E-state index in [9.17, 15) is 4.79 Å². The minimum atomic E-state index is 0.124. The molecule has 4 nitrogen and oxygen atoms in total. The van der Waals surface area contributed by atoms with Crippen molar-refractivity contribution in [2.75, 3.05) is 26.8 Å². The largest absolute Gasteiger partial charge is 0.385 e. The van der Waals surface area contributed by atoms with Crippen molar-refractivity contribution in [3.05, 3.63) is 0 Å². The van der Waals surface area contributed by atoms with Gasteiger partial charge in [-0.05, 0) is 32.2 Å². The zero-order valence-corrected chi connectivity index (χ0v) is 8.84. The van der Waals surface area contributed by atoms with Gasteiger partial charge in [-0.25, -0.2) is 0 Å². The number of carbonyl (C=O) groups is 1. The molecule has 1 rings (SSSR count). The van der Waals surface area contributed by atoms with Crippen LogP contribution in [0.3, 0.4) is 0 Å². The number of nitrogens with one attached hydrogen (secondary N) is 2. The summed E-state index contributed by atoms with van der Waals surface area (Å²) in [4.78, 5) is 11.2. The van der Waals surface area contributed by atoms with Crippen LogP contribution >= 0.6 is 0 Å². The number of carbonyl (C=O) groups excluding carboxylic acids is 1. The van der Waals surface area contributed by atoms with Crippen molar-refractivity contribution >= 4 is 5.91 Å². The first-order valence-corrected chi connectivity index (χ1v) is 5.32. The lowest BCUT2D eigenvalue weighted by Gasteiger charge is -2.05. The number of amides is 1. The maximum Gasteiger partial charge on any atom is 0.234 e. The van der Waals surface area contributed by atoms with Gasteiger partial charge in [0.1, 0.15) is 0 Å². The number of rotatable bonds is 8. The van der Waals surface area contributed by atoms with Gasteiger partial charge in [0.2, 0.25) is 5.91 Å². The second-order valence-corrected chi connectivity index (χ2v) is 3.72. The quantitative estimate of drug-likeness (QED) is 0.553. The van der Waals surface area contributed by atoms with Crippen LogP contribution in [0.2, 0.25) is 0 Å². The highest BCUT2D eigenvalue weighted by Gasteiger charge is 2.22. The van der Waals surface area contributed by atoms with Crippen LogP contribution in [0, 0.1) is 0 Å². The van der Waals surface area contributed by atoms with Crippen LogP contribution in [0.4, 0.5) is 0 Å². The Kier molecular flexibility index (Phi) is 5.56. The zero-order valence-electron chi connectivity index (χ0n) is 8.84. The van der Waals surface area contributed by atoms with Crippen molar-refractivity contribution in [3.63, 3.8) is 0 Å². The van der Waals surface area contributed by atoms with Gasteiger partial charge in [0, 0.05) is 19.8 Å². The van der Waals surface area contributed by atoms with E-state index in [-0.39, 0.29) is 5.91 Å². The van der Waals surface area contributed by atoms with Crippen LogP contribution in [0.15, 0.2) is 0 Å². The predicted molar refractivity (Wildman–Crippen MR) is 55.1 cm³/mol. The van der Waals surface area contributed by atoms with Crippen molar-refractivity contribution in [3.8, 4) is 0 Å². The topological polar surface area (TPSA) is 50.4 Å². The third-order valence-corrected chi connectivity index (χ3v) is 2.18. The van der Waals surface area contributed by atoms with Crippen molar-refractivity contribution < 1.29 is 9.53 Å². The maximum atomic E-state index is 11.2. The molecule has 1 amide bonds. The predicted octanol–water partition coefficient (Wildman–Crippen LogP) is 0.281. The first kappa shape index (κ1) is 11.5. The van der Waals surface area contributed by atoms with Gasteiger partial charge in [0.15, 0.2) is 0 Å². The Morgan fingerprint density at radius 2 is 2.21 bits per heavy atom. The van der Waals surface area contributed by atoms with Gasteiger partial charge in [-0.15, -0.1) is 0 Å². The molecular formula is C10H20N2O2. The molecule has 0 unspecified atom stereocenters. The maximum absolute atomic E-state index is 11.2. The molecule has 0 saturated heterocycles. The molecule has 1 saturated carbocycles. The van der Waals surface area contributed by atoms with Gasteiger partial charge >= 0.3 is 0 Å². The molecule has 0 radical (unpaired) electrons. The summed E-state index contributed by atoms with van der Waals surface area (Å²) in [6.45, 7) is 2.14. The average Bonchev–Trinajstić information content (AvgIpc) is 2.95. The summed E-state index contributed by atoms with van der Waals surface area (Å²) in [6.07, 6.45) is 4.41. The third kappa shape index (κ3) is 5.94. The van der Waals surface area contributed by atoms with Gasteiger partial charge in [0.25, 0.3) is 0 Å². The van der Waals surface area contributed by atoms with Gasteiger partial charge in [-0.3, -0.25) is 4.79 Å². The number of methoxy groups -OCH3 is 1. The molecule has 1 fully saturated rings. The molecule has 0 aliphatic heterocycles. The number of unbranched alkanes of at least 4 members (excludes halogenated alkanes) is 1. The standard InChI is InChI=1S/C10H20N2O2/c1-14-7-3-2-6-11-8-10(13)12-9-4-5-9/h9,11H,2-8H2,1H3,(H,12,13). The number of ether oxygens (including phenoxy) is 1. The summed E-state index contributed by atoms with van der Waals surface area (Å²) in [5, 5.41) is 6.04. The highest BCUT2D eigenvalue weighted by atomic mass is 16.5. The molecule has 82 valence electrons. The van der Waals surface area contributed by atoms with Gasteiger partial charge in [0.05, 0.1) is 6.54 Å². The zero-order chi connectivity index (χ0) is 10.2. The SMILES string of the molecule is COCCCCNCC(=O)NC1CC1. The van der Waals surface area contributed by atoms with Crippen LogP contribution in [-0.2, 0) is 9.53 Å². The number of hydrogen-bond donors (Lipinski definition) is 2. The third-order valence-electron chi connectivity index (χ3n) is 2.18. The normalized spacial score (nSPS) is 15.5. The fourth-order valence-corrected chi connectivity index (χ4v) is 1.20. The fourth-order valence-electron chi connectivity index (χ4n) is 1.20. The van der Waals surface area contributed by atoms with Crippen molar-refractivity contribution in [1.82, 2.24) is 10.6 Å². The molecule has 0 spiro atoms. The van der Waals surface area contributed by atoms with Crippen molar-refractivity contribution in [1.29, 1.82) is 0 Å². The molecule has 0 aromatic heterocycles. The lowest BCUT2D eigenvalue weighted by molar-refractivity contribution is -0.120. The van der Waals surface area contributed by atoms with E-state index in [1.165, 1.54) is 0 Å². The number of hydrogen-bond acceptors (Lipinski definition) is 3. The van der Waals surface area contributed by atoms with Crippen LogP contribution in [0.1, 0.15) is 25.7 Å². The van der Waals surface area contributed by atoms with E-state index in [2.05, 4.69) is 10.6 Å². The van der Waals surface area contributed by atoms with Crippen LogP contribution in [-0.4, -0.2) is 38.8 Å². The van der Waals surface area contributed by atoms with E-state index >= 15 is 0 Å². The van der Waals surface area contributed by atoms with Gasteiger partial charge in [-0.1, -0.05) is 0 Å². The molecule has 1 aliphatic rings. The Bertz CT molecular complexity index is 170. The first-order chi connectivity index (χ1) is 6.83. The monoisotopic (exact) mass is 200 g/mol. The Morgan fingerprint density at radius 3 is 2.86 bits per heavy atom. The van der Waals surface area contributed by atoms with Crippen molar-refractivity contribution in [2.24, 2.45) is 0 Å². The Balaban J connectivity index is 1.80. The molecule has 0 bridgehead atoms. The average molecular weight is 200 g/mol. The highest BCUT2D eigenvalue weighted by Crippen LogP contribution is 2.18. The highest BCUT2D eigenvalue weighted by molar-refractivity contribution is 5.78. The summed E-state index contributed by atoms with van der Waals surface area (Å²) in [5.74, 6) is 0.124. The van der Waals surface area contributed by atoms with Gasteiger partial charge in [-0.2, -0.15) is 0 Å². The lowest BCUT2D eigenvalue weighted by atomic mass is 10.3. The summed E-state index contributed by atoms with van der Waals surface area (Å²) in [7, 11) is 1.70. The minimum Gasteiger partial charge on any atom is -0.385 e. The molecule has 0 heterocycles. The van der Waals surface area contributed by atoms with E-state index in [0.29, 0.717) is 12.6 Å². The fraction of sp³-hybridized carbons (Fsp3) is 0.900. The molecule has 14 heavy (non-hydrogen) atoms. The van der Waals surface area contributed by atoms with E-state index in [1.807, 2.05) is 0 Å². The molecule has 0 aromatic rings. The summed E-state index contributed by atoms with van der Waals surface area (Å²) >= 11 is 0. The van der Waals surface area contributed by atoms with Crippen molar-refractivity contribution in [2.45, 2.75) is 31.7 Å². The van der Waals surface area contributed by atoms with Crippen LogP contribution < -0.4 is 10.6 Å². The second kappa shape index (κ2) is 6.79. The molecule has 0 aromatic carbocycles. The molecule has 4 heteroatoms. The summed E-state index contributed by atoms with van der Waals surface area (Å²) in [5.41, 5.74) is 0. The molecule has 0 atom stereocenters. The van der Waals surface area contributed by atoms with Crippen LogP contribution in [0.25, 0.3) is 0 Å². The summed E-state index contributed by atoms with van der Waals surface area (Å²) < 4.78 is 4.92. The minimum absolute atomic E-state index is 0.124. The Hall–Kier alpha value is -0.610. The molecular weight excluding hydrogens is 180 g/mol. The van der Waals surface area contributed by atoms with E-state index in [0.717, 1.165) is 38.8 Å². The smallest absolute Gasteiger partial charge is 0.234 e. The lowest BCUT2D eigenvalue weighted by Crippen LogP contribution is -2.35. The first-order valence-electron chi connectivity index (χ1n) is 5.32. The summed E-state index contributed by atoms with van der Waals surface area (Å²) in [6, 6.07) is 0.470. The van der Waals surface area contributed by atoms with E-state index in [1.54, 1.807) is 7.11 Å². The van der Waals surface area contributed by atoms with Gasteiger partial charge < -0.3 is 15.4 Å². The Labute approximate surface area is 85.4 Å². The molecule has 1 aliphatic carbocycles.